The quantitative estimate of drug-likeness (QED) is 0.140. The lowest BCUT2D eigenvalue weighted by Gasteiger charge is -2.38. The number of allylic oxidation sites excluding steroid dienone is 2. The number of unbranched alkanes of at least 4 members (excludes halogenated alkanes) is 2. The number of para-hydroxylation sites is 1. The Morgan fingerprint density at radius 1 is 1.29 bits per heavy atom. The van der Waals surface area contributed by atoms with Gasteiger partial charge in [0, 0.05) is 5.75 Å². The monoisotopic (exact) mass is 354 g/mol. The number of hydrazine groups is 1. The van der Waals surface area contributed by atoms with E-state index in [1.165, 1.54) is 12.8 Å². The Bertz CT molecular complexity index is 535. The van der Waals surface area contributed by atoms with E-state index in [9.17, 15) is 9.11 Å². The van der Waals surface area contributed by atoms with Crippen LogP contribution in [0.1, 0.15) is 39.5 Å². The van der Waals surface area contributed by atoms with Gasteiger partial charge in [-0.25, -0.2) is 10.9 Å². The fraction of sp³-hybridized carbons (Fsp3) is 0.471. The van der Waals surface area contributed by atoms with Crippen LogP contribution in [-0.4, -0.2) is 20.0 Å². The molecule has 1 atom stereocenters. The third kappa shape index (κ3) is 6.52. The molecule has 1 aromatic rings. The number of rotatable bonds is 8. The van der Waals surface area contributed by atoms with Crippen molar-refractivity contribution in [1.29, 1.82) is 0 Å². The zero-order chi connectivity index (χ0) is 18.0. The molecule has 0 aliphatic heterocycles. The molecule has 0 aliphatic rings. The molecular weight excluding hydrogens is 324 g/mol. The van der Waals surface area contributed by atoms with Crippen LogP contribution in [0.5, 0.6) is 0 Å². The molecule has 0 spiro atoms. The van der Waals surface area contributed by atoms with E-state index < -0.39 is 10.6 Å². The molecule has 1 unspecified atom stereocenters. The highest BCUT2D eigenvalue weighted by atomic mass is 32.3. The molecule has 6 nitrogen and oxygen atoms in total. The number of hydrogen-bond acceptors (Lipinski definition) is 5. The van der Waals surface area contributed by atoms with Crippen LogP contribution < -0.4 is 16.7 Å². The molecule has 0 aliphatic carbocycles. The van der Waals surface area contributed by atoms with Gasteiger partial charge in [0.2, 0.25) is 0 Å². The Morgan fingerprint density at radius 2 is 1.96 bits per heavy atom. The van der Waals surface area contributed by atoms with E-state index in [4.69, 9.17) is 11.7 Å². The van der Waals surface area contributed by atoms with Crippen LogP contribution in [0.3, 0.4) is 0 Å². The maximum absolute atomic E-state index is 10.5. The van der Waals surface area contributed by atoms with E-state index in [1.807, 2.05) is 13.0 Å². The molecule has 0 saturated carbocycles. The van der Waals surface area contributed by atoms with Crippen molar-refractivity contribution in [3.63, 3.8) is 0 Å². The van der Waals surface area contributed by atoms with Crippen LogP contribution in [0.25, 0.3) is 0 Å². The van der Waals surface area contributed by atoms with Crippen LogP contribution in [-0.2, 0) is 0 Å². The van der Waals surface area contributed by atoms with Gasteiger partial charge in [0.25, 0.3) is 5.17 Å². The maximum atomic E-state index is 10.5. The van der Waals surface area contributed by atoms with Crippen molar-refractivity contribution >= 4 is 21.4 Å². The smallest absolute Gasteiger partial charge is 0.253 e. The molecule has 0 heterocycles. The topological polar surface area (TPSA) is 108 Å². The first-order valence-corrected chi connectivity index (χ1v) is 9.92. The number of amidine groups is 1. The second-order valence-corrected chi connectivity index (χ2v) is 7.94. The maximum Gasteiger partial charge on any atom is 0.253 e. The van der Waals surface area contributed by atoms with Crippen molar-refractivity contribution in [3.05, 3.63) is 42.5 Å². The molecule has 0 aromatic heterocycles. The summed E-state index contributed by atoms with van der Waals surface area (Å²) in [5, 5.41) is 4.58. The van der Waals surface area contributed by atoms with Gasteiger partial charge in [0.1, 0.15) is 0 Å². The number of benzene rings is 1. The van der Waals surface area contributed by atoms with Crippen molar-refractivity contribution in [2.24, 2.45) is 22.7 Å². The lowest BCUT2D eigenvalue weighted by Crippen LogP contribution is -2.42. The van der Waals surface area contributed by atoms with E-state index in [1.54, 1.807) is 24.3 Å². The summed E-state index contributed by atoms with van der Waals surface area (Å²) in [4.78, 5) is 0. The number of nitrogens with zero attached hydrogens (tertiary/aromatic N) is 2. The summed E-state index contributed by atoms with van der Waals surface area (Å²) in [6.45, 7) is 4.13. The van der Waals surface area contributed by atoms with Crippen LogP contribution >= 0.6 is 10.6 Å². The lowest BCUT2D eigenvalue weighted by atomic mass is 10.1. The Labute approximate surface area is 146 Å². The summed E-state index contributed by atoms with van der Waals surface area (Å²) in [5.74, 6) is 11.6. The highest BCUT2D eigenvalue weighted by Gasteiger charge is 2.27. The van der Waals surface area contributed by atoms with Gasteiger partial charge in [0.05, 0.1) is 5.69 Å². The van der Waals surface area contributed by atoms with Crippen molar-refractivity contribution in [1.82, 2.24) is 0 Å². The van der Waals surface area contributed by atoms with Crippen LogP contribution in [0, 0.1) is 5.92 Å². The molecule has 24 heavy (non-hydrogen) atoms. The summed E-state index contributed by atoms with van der Waals surface area (Å²) in [6.07, 6.45) is 8.40. The van der Waals surface area contributed by atoms with E-state index in [2.05, 4.69) is 24.2 Å². The first kappa shape index (κ1) is 20.5. The molecule has 0 saturated heterocycles. The minimum Gasteiger partial charge on any atom is -0.320 e. The number of nitrogens with two attached hydrogens (primary N) is 2. The minimum absolute atomic E-state index is 0.0776. The molecule has 7 heteroatoms. The van der Waals surface area contributed by atoms with Gasteiger partial charge in [-0.3, -0.25) is 9.11 Å². The van der Waals surface area contributed by atoms with Crippen molar-refractivity contribution in [3.8, 4) is 0 Å². The summed E-state index contributed by atoms with van der Waals surface area (Å²) in [7, 11) is -3.17. The summed E-state index contributed by atoms with van der Waals surface area (Å²) < 4.78 is 21.0. The molecule has 6 N–H and O–H groups in total. The normalized spacial score (nSPS) is 14.8. The van der Waals surface area contributed by atoms with Crippen LogP contribution in [0.15, 0.2) is 47.6 Å². The average Bonchev–Trinajstić information content (AvgIpc) is 2.55. The first-order chi connectivity index (χ1) is 11.4. The van der Waals surface area contributed by atoms with Gasteiger partial charge in [0.15, 0.2) is 0 Å². The second kappa shape index (κ2) is 10.4. The third-order valence-corrected chi connectivity index (χ3v) is 5.51. The predicted octanol–water partition coefficient (Wildman–Crippen LogP) is 4.12. The third-order valence-electron chi connectivity index (χ3n) is 3.59. The molecule has 0 bridgehead atoms. The summed E-state index contributed by atoms with van der Waals surface area (Å²) >= 11 is 0. The number of anilines is 1. The predicted molar refractivity (Wildman–Crippen MR) is 105 cm³/mol. The van der Waals surface area contributed by atoms with Crippen molar-refractivity contribution < 1.29 is 9.11 Å². The fourth-order valence-electron chi connectivity index (χ4n) is 2.31. The van der Waals surface area contributed by atoms with Gasteiger partial charge in [-0.05, 0) is 30.9 Å². The van der Waals surface area contributed by atoms with E-state index in [0.717, 1.165) is 17.9 Å². The molecule has 0 fully saturated rings. The van der Waals surface area contributed by atoms with Gasteiger partial charge < -0.3 is 5.84 Å². The second-order valence-electron chi connectivity index (χ2n) is 5.91. The molecule has 0 radical (unpaired) electrons. The Kier molecular flexibility index (Phi) is 8.84. The number of hydrazone groups is 1. The largest absolute Gasteiger partial charge is 0.320 e. The van der Waals surface area contributed by atoms with Gasteiger partial charge in [-0.2, -0.15) is 0 Å². The zero-order valence-electron chi connectivity index (χ0n) is 14.5. The molecular formula is C17H30N4O2S. The highest BCUT2D eigenvalue weighted by Crippen LogP contribution is 2.44. The first-order valence-electron chi connectivity index (χ1n) is 8.21. The van der Waals surface area contributed by atoms with Crippen LogP contribution in [0.4, 0.5) is 5.69 Å². The minimum atomic E-state index is -3.17. The lowest BCUT2D eigenvalue weighted by molar-refractivity contribution is 0.486. The van der Waals surface area contributed by atoms with E-state index >= 15 is 0 Å². The fourth-order valence-corrected chi connectivity index (χ4v) is 3.98. The molecule has 0 amide bonds. The Balaban J connectivity index is 2.68. The van der Waals surface area contributed by atoms with Gasteiger partial charge >= 0.3 is 0 Å². The molecule has 1 aromatic carbocycles. The zero-order valence-corrected chi connectivity index (χ0v) is 15.3. The van der Waals surface area contributed by atoms with Gasteiger partial charge in [-0.1, -0.05) is 57.0 Å². The van der Waals surface area contributed by atoms with E-state index in [-0.39, 0.29) is 16.8 Å². The SMILES string of the molecule is CCCC/C=C/CC(C)CS(O)(O)/C(=N/N)N(N)c1ccccc1. The van der Waals surface area contributed by atoms with Crippen molar-refractivity contribution in [2.75, 3.05) is 10.8 Å². The average molecular weight is 355 g/mol. The Morgan fingerprint density at radius 3 is 2.54 bits per heavy atom. The highest BCUT2D eigenvalue weighted by molar-refractivity contribution is 8.37. The molecule has 136 valence electrons. The van der Waals surface area contributed by atoms with E-state index in [0.29, 0.717) is 5.69 Å². The Hall–Kier alpha value is -1.54. The summed E-state index contributed by atoms with van der Waals surface area (Å²) in [5.41, 5.74) is 0.591. The van der Waals surface area contributed by atoms with Crippen molar-refractivity contribution in [2.45, 2.75) is 39.5 Å². The van der Waals surface area contributed by atoms with Gasteiger partial charge in [-0.15, -0.1) is 15.7 Å². The number of hydrogen-bond donors (Lipinski definition) is 4. The molecule has 1 rings (SSSR count). The van der Waals surface area contributed by atoms with Crippen LogP contribution in [0.2, 0.25) is 0 Å². The summed E-state index contributed by atoms with van der Waals surface area (Å²) in [6, 6.07) is 8.96. The standard InChI is InChI=1S/C17H30N4O2S/c1-3-4-5-6-8-11-15(2)14-24(22,23)17(20-18)21(19)16-12-9-7-10-13-16/h6-10,12-13,15,22-23H,3-5,11,14,18-19H2,1-2H3/b8-6+,20-17+.